The molecule has 2 atom stereocenters. The van der Waals surface area contributed by atoms with Crippen molar-refractivity contribution in [3.8, 4) is 0 Å². The fourth-order valence-electron chi connectivity index (χ4n) is 2.11. The molecule has 1 saturated heterocycles. The van der Waals surface area contributed by atoms with Gasteiger partial charge in [0, 0.05) is 12.6 Å². The number of esters is 1. The van der Waals surface area contributed by atoms with Gasteiger partial charge in [-0.05, 0) is 32.9 Å². The topological polar surface area (TPSA) is 41.6 Å². The molecular formula is C11H22N2O2. The number of carbonyl (C=O) groups excluding carboxylic acids is 1. The minimum atomic E-state index is -0.180. The number of nitrogens with zero attached hydrogens (tertiary/aromatic N) is 1. The molecule has 0 amide bonds. The summed E-state index contributed by atoms with van der Waals surface area (Å²) >= 11 is 0. The molecule has 1 aliphatic rings. The van der Waals surface area contributed by atoms with E-state index in [1.54, 1.807) is 0 Å². The lowest BCUT2D eigenvalue weighted by molar-refractivity contribution is -0.143. The number of likely N-dealkylation sites (N-methyl/N-ethyl adjacent to an activating group) is 1. The van der Waals surface area contributed by atoms with E-state index in [1.807, 2.05) is 6.92 Å². The first-order valence-corrected chi connectivity index (χ1v) is 5.74. The molecule has 4 heteroatoms. The fraction of sp³-hybridized carbons (Fsp3) is 0.909. The van der Waals surface area contributed by atoms with Crippen molar-refractivity contribution in [3.63, 3.8) is 0 Å². The van der Waals surface area contributed by atoms with Gasteiger partial charge < -0.3 is 10.1 Å². The number of hydrogen-bond acceptors (Lipinski definition) is 4. The lowest BCUT2D eigenvalue weighted by Crippen LogP contribution is -2.47. The van der Waals surface area contributed by atoms with E-state index in [0.29, 0.717) is 6.04 Å². The zero-order chi connectivity index (χ0) is 11.3. The molecule has 1 N–H and O–H groups in total. The number of hydrogen-bond donors (Lipinski definition) is 1. The molecule has 0 aliphatic carbocycles. The molecule has 1 heterocycles. The minimum absolute atomic E-state index is 0.157. The SMILES string of the molecule is CCNC(CN1CCCC1C)C(=O)OC. The highest BCUT2D eigenvalue weighted by Gasteiger charge is 2.26. The molecule has 0 aromatic heterocycles. The molecule has 0 bridgehead atoms. The molecule has 4 nitrogen and oxygen atoms in total. The molecule has 0 aromatic rings. The minimum Gasteiger partial charge on any atom is -0.468 e. The normalized spacial score (nSPS) is 24.1. The lowest BCUT2D eigenvalue weighted by atomic mass is 10.2. The Labute approximate surface area is 92.0 Å². The maximum atomic E-state index is 11.5. The van der Waals surface area contributed by atoms with E-state index in [4.69, 9.17) is 4.74 Å². The Kier molecular flexibility index (Phi) is 5.05. The van der Waals surface area contributed by atoms with E-state index in [-0.39, 0.29) is 12.0 Å². The summed E-state index contributed by atoms with van der Waals surface area (Å²) in [6, 6.07) is 0.413. The third kappa shape index (κ3) is 3.47. The lowest BCUT2D eigenvalue weighted by Gasteiger charge is -2.25. The van der Waals surface area contributed by atoms with Crippen molar-refractivity contribution in [1.82, 2.24) is 10.2 Å². The van der Waals surface area contributed by atoms with Crippen LogP contribution in [-0.2, 0) is 9.53 Å². The molecule has 0 radical (unpaired) electrons. The predicted octanol–water partition coefficient (Wildman–Crippen LogP) is 0.622. The monoisotopic (exact) mass is 214 g/mol. The molecule has 1 fully saturated rings. The van der Waals surface area contributed by atoms with Crippen LogP contribution in [0.4, 0.5) is 0 Å². The van der Waals surface area contributed by atoms with Gasteiger partial charge in [-0.1, -0.05) is 6.92 Å². The summed E-state index contributed by atoms with van der Waals surface area (Å²) in [7, 11) is 1.44. The molecule has 88 valence electrons. The fourth-order valence-corrected chi connectivity index (χ4v) is 2.11. The van der Waals surface area contributed by atoms with Gasteiger partial charge in [0.05, 0.1) is 7.11 Å². The van der Waals surface area contributed by atoms with Crippen LogP contribution in [0.1, 0.15) is 26.7 Å². The molecule has 1 rings (SSSR count). The highest BCUT2D eigenvalue weighted by Crippen LogP contribution is 2.16. The summed E-state index contributed by atoms with van der Waals surface area (Å²) in [6.07, 6.45) is 2.47. The number of ether oxygens (including phenoxy) is 1. The second-order valence-electron chi connectivity index (χ2n) is 4.12. The van der Waals surface area contributed by atoms with Gasteiger partial charge in [-0.25, -0.2) is 0 Å². The summed E-state index contributed by atoms with van der Waals surface area (Å²) in [6.45, 7) is 6.88. The average Bonchev–Trinajstić information content (AvgIpc) is 2.63. The van der Waals surface area contributed by atoms with Gasteiger partial charge in [0.25, 0.3) is 0 Å². The summed E-state index contributed by atoms with van der Waals surface area (Å²) in [5.41, 5.74) is 0. The summed E-state index contributed by atoms with van der Waals surface area (Å²) in [5.74, 6) is -0.157. The first-order valence-electron chi connectivity index (χ1n) is 5.74. The largest absolute Gasteiger partial charge is 0.468 e. The van der Waals surface area contributed by atoms with Gasteiger partial charge in [0.1, 0.15) is 6.04 Å². The van der Waals surface area contributed by atoms with Gasteiger partial charge in [-0.15, -0.1) is 0 Å². The van der Waals surface area contributed by atoms with Crippen molar-refractivity contribution in [2.75, 3.05) is 26.7 Å². The van der Waals surface area contributed by atoms with Crippen LogP contribution in [0.5, 0.6) is 0 Å². The Bertz CT molecular complexity index is 209. The average molecular weight is 214 g/mol. The van der Waals surface area contributed by atoms with Crippen molar-refractivity contribution < 1.29 is 9.53 Å². The van der Waals surface area contributed by atoms with Crippen LogP contribution in [0.3, 0.4) is 0 Å². The quantitative estimate of drug-likeness (QED) is 0.681. The Morgan fingerprint density at radius 1 is 1.67 bits per heavy atom. The molecule has 2 unspecified atom stereocenters. The van der Waals surface area contributed by atoms with Crippen LogP contribution < -0.4 is 5.32 Å². The van der Waals surface area contributed by atoms with Crippen LogP contribution in [0.25, 0.3) is 0 Å². The Morgan fingerprint density at radius 3 is 2.87 bits per heavy atom. The molecule has 0 saturated carbocycles. The van der Waals surface area contributed by atoms with E-state index in [0.717, 1.165) is 19.6 Å². The smallest absolute Gasteiger partial charge is 0.324 e. The molecule has 0 spiro atoms. The van der Waals surface area contributed by atoms with Crippen LogP contribution in [0.15, 0.2) is 0 Å². The third-order valence-electron chi connectivity index (χ3n) is 3.04. The van der Waals surface area contributed by atoms with E-state index >= 15 is 0 Å². The first-order chi connectivity index (χ1) is 7.19. The zero-order valence-electron chi connectivity index (χ0n) is 9.95. The molecule has 15 heavy (non-hydrogen) atoms. The van der Waals surface area contributed by atoms with Crippen LogP contribution in [0.2, 0.25) is 0 Å². The third-order valence-corrected chi connectivity index (χ3v) is 3.04. The maximum absolute atomic E-state index is 11.5. The van der Waals surface area contributed by atoms with Crippen molar-refractivity contribution >= 4 is 5.97 Å². The van der Waals surface area contributed by atoms with Crippen LogP contribution >= 0.6 is 0 Å². The zero-order valence-corrected chi connectivity index (χ0v) is 9.95. The number of methoxy groups -OCH3 is 1. The van der Waals surface area contributed by atoms with Gasteiger partial charge in [-0.3, -0.25) is 9.69 Å². The number of carbonyl (C=O) groups is 1. The standard InChI is InChI=1S/C11H22N2O2/c1-4-12-10(11(14)15-3)8-13-7-5-6-9(13)2/h9-10,12H,4-8H2,1-3H3. The highest BCUT2D eigenvalue weighted by atomic mass is 16.5. The van der Waals surface area contributed by atoms with Gasteiger partial charge in [0.2, 0.25) is 0 Å². The van der Waals surface area contributed by atoms with Crippen molar-refractivity contribution in [3.05, 3.63) is 0 Å². The number of rotatable bonds is 5. The predicted molar refractivity (Wildman–Crippen MR) is 59.7 cm³/mol. The Morgan fingerprint density at radius 2 is 2.40 bits per heavy atom. The van der Waals surface area contributed by atoms with Crippen molar-refractivity contribution in [1.29, 1.82) is 0 Å². The van der Waals surface area contributed by atoms with Gasteiger partial charge in [0.15, 0.2) is 0 Å². The summed E-state index contributed by atoms with van der Waals surface area (Å²) in [4.78, 5) is 13.8. The van der Waals surface area contributed by atoms with Crippen molar-refractivity contribution in [2.45, 2.75) is 38.8 Å². The van der Waals surface area contributed by atoms with Crippen molar-refractivity contribution in [2.24, 2.45) is 0 Å². The second-order valence-corrected chi connectivity index (χ2v) is 4.12. The van der Waals surface area contributed by atoms with E-state index in [1.165, 1.54) is 20.0 Å². The van der Waals surface area contributed by atoms with Gasteiger partial charge in [-0.2, -0.15) is 0 Å². The highest BCUT2D eigenvalue weighted by molar-refractivity contribution is 5.75. The Hall–Kier alpha value is -0.610. The summed E-state index contributed by atoms with van der Waals surface area (Å²) in [5, 5.41) is 3.16. The number of likely N-dealkylation sites (tertiary alicyclic amines) is 1. The molecular weight excluding hydrogens is 192 g/mol. The molecule has 0 aromatic carbocycles. The number of nitrogens with one attached hydrogen (secondary N) is 1. The van der Waals surface area contributed by atoms with E-state index in [2.05, 4.69) is 17.1 Å². The second kappa shape index (κ2) is 6.08. The first kappa shape index (κ1) is 12.5. The van der Waals surface area contributed by atoms with Gasteiger partial charge >= 0.3 is 5.97 Å². The summed E-state index contributed by atoms with van der Waals surface area (Å²) < 4.78 is 4.78. The van der Waals surface area contributed by atoms with E-state index < -0.39 is 0 Å². The molecule has 1 aliphatic heterocycles. The van der Waals surface area contributed by atoms with Crippen LogP contribution in [0, 0.1) is 0 Å². The maximum Gasteiger partial charge on any atom is 0.324 e. The van der Waals surface area contributed by atoms with Crippen LogP contribution in [-0.4, -0.2) is 49.7 Å². The Balaban J connectivity index is 2.46. The van der Waals surface area contributed by atoms with E-state index in [9.17, 15) is 4.79 Å².